The lowest BCUT2D eigenvalue weighted by molar-refractivity contribution is 0.158. The lowest BCUT2D eigenvalue weighted by atomic mass is 10.1. The highest BCUT2D eigenvalue weighted by molar-refractivity contribution is 5.91. The predicted octanol–water partition coefficient (Wildman–Crippen LogP) is 4.81. The fraction of sp³-hybridized carbons (Fsp3) is 0.304. The molecule has 1 aliphatic rings. The van der Waals surface area contributed by atoms with Gasteiger partial charge >= 0.3 is 0 Å². The number of fused-ring (bicyclic) bond motifs is 3. The summed E-state index contributed by atoms with van der Waals surface area (Å²) in [6, 6.07) is 5.03. The standard InChI is InChI=1S/C23H18F4N6/c1-13-30-31-22-29-21(18-10-16(25)11-28-20(18)33(13)22)32(12-19(26)27)17-8-14(7-15(24)9-17)3-4-23(2)5-6-23/h7-11,19H,5-6,12H2,1-2H3. The smallest absolute Gasteiger partial charge is 0.258 e. The summed E-state index contributed by atoms with van der Waals surface area (Å²) in [5, 5.41) is 8.08. The van der Waals surface area contributed by atoms with E-state index < -0.39 is 24.6 Å². The van der Waals surface area contributed by atoms with Gasteiger partial charge in [0.25, 0.3) is 12.2 Å². The van der Waals surface area contributed by atoms with Gasteiger partial charge in [-0.3, -0.25) is 0 Å². The van der Waals surface area contributed by atoms with E-state index in [0.29, 0.717) is 11.4 Å². The van der Waals surface area contributed by atoms with Gasteiger partial charge in [-0.15, -0.1) is 10.2 Å². The molecule has 3 aromatic heterocycles. The maximum absolute atomic E-state index is 14.5. The monoisotopic (exact) mass is 454 g/mol. The van der Waals surface area contributed by atoms with Gasteiger partial charge in [0.15, 0.2) is 5.65 Å². The lowest BCUT2D eigenvalue weighted by Crippen LogP contribution is -2.26. The molecule has 0 unspecified atom stereocenters. The van der Waals surface area contributed by atoms with Crippen molar-refractivity contribution in [2.45, 2.75) is 33.1 Å². The molecule has 1 saturated carbocycles. The van der Waals surface area contributed by atoms with Crippen LogP contribution in [0.15, 0.2) is 30.5 Å². The normalized spacial score (nSPS) is 14.5. The van der Waals surface area contributed by atoms with E-state index >= 15 is 0 Å². The summed E-state index contributed by atoms with van der Waals surface area (Å²) in [6.07, 6.45) is 0.150. The van der Waals surface area contributed by atoms with E-state index in [0.717, 1.165) is 36.1 Å². The van der Waals surface area contributed by atoms with Crippen LogP contribution in [-0.4, -0.2) is 37.5 Å². The molecule has 0 atom stereocenters. The molecule has 0 amide bonds. The van der Waals surface area contributed by atoms with Crippen molar-refractivity contribution < 1.29 is 17.6 Å². The Morgan fingerprint density at radius 1 is 1.12 bits per heavy atom. The number of hydrogen-bond donors (Lipinski definition) is 0. The van der Waals surface area contributed by atoms with E-state index in [9.17, 15) is 17.6 Å². The highest BCUT2D eigenvalue weighted by atomic mass is 19.3. The summed E-state index contributed by atoms with van der Waals surface area (Å²) in [5.74, 6) is 5.27. The minimum atomic E-state index is -2.79. The number of hydrogen-bond acceptors (Lipinski definition) is 5. The summed E-state index contributed by atoms with van der Waals surface area (Å²) in [4.78, 5) is 9.61. The molecule has 1 aliphatic carbocycles. The molecule has 1 aromatic carbocycles. The van der Waals surface area contributed by atoms with Crippen LogP contribution in [0.3, 0.4) is 0 Å². The third-order valence-corrected chi connectivity index (χ3v) is 5.58. The first-order valence-corrected chi connectivity index (χ1v) is 10.3. The van der Waals surface area contributed by atoms with Crippen LogP contribution in [0.25, 0.3) is 16.8 Å². The Bertz CT molecular complexity index is 1450. The molecule has 1 fully saturated rings. The quantitative estimate of drug-likeness (QED) is 0.327. The molecule has 0 saturated heterocycles. The lowest BCUT2D eigenvalue weighted by Gasteiger charge is -2.25. The first-order valence-electron chi connectivity index (χ1n) is 10.3. The summed E-state index contributed by atoms with van der Waals surface area (Å²) < 4.78 is 57.5. The first-order chi connectivity index (χ1) is 15.7. The summed E-state index contributed by atoms with van der Waals surface area (Å²) in [7, 11) is 0. The number of halogens is 4. The van der Waals surface area contributed by atoms with Gasteiger partial charge in [0.05, 0.1) is 18.1 Å². The maximum Gasteiger partial charge on any atom is 0.258 e. The van der Waals surface area contributed by atoms with Crippen molar-refractivity contribution in [3.8, 4) is 11.8 Å². The van der Waals surface area contributed by atoms with Crippen molar-refractivity contribution in [2.75, 3.05) is 11.4 Å². The average Bonchev–Trinajstić information content (AvgIpc) is 3.39. The molecule has 168 valence electrons. The number of aryl methyl sites for hydroxylation is 1. The molecule has 5 rings (SSSR count). The third kappa shape index (κ3) is 4.06. The van der Waals surface area contributed by atoms with Crippen LogP contribution in [-0.2, 0) is 0 Å². The van der Waals surface area contributed by atoms with Gasteiger partial charge in [-0.1, -0.05) is 11.8 Å². The van der Waals surface area contributed by atoms with Gasteiger partial charge in [0.2, 0.25) is 0 Å². The number of nitrogens with zero attached hydrogens (tertiary/aromatic N) is 6. The van der Waals surface area contributed by atoms with Gasteiger partial charge in [0.1, 0.15) is 23.3 Å². The Kier molecular flexibility index (Phi) is 4.92. The first kappa shape index (κ1) is 21.1. The largest absolute Gasteiger partial charge is 0.320 e. The van der Waals surface area contributed by atoms with Gasteiger partial charge in [-0.25, -0.2) is 26.9 Å². The van der Waals surface area contributed by atoms with Crippen molar-refractivity contribution in [3.05, 3.63) is 53.5 Å². The van der Waals surface area contributed by atoms with Gasteiger partial charge in [-0.2, -0.15) is 4.98 Å². The molecule has 4 aromatic rings. The maximum atomic E-state index is 14.5. The SMILES string of the molecule is Cc1nnc2nc(N(CC(F)F)c3cc(F)cc(C#CC4(C)CC4)c3)c3cc(F)cnc3n12. The topological polar surface area (TPSA) is 59.2 Å². The Morgan fingerprint density at radius 2 is 1.91 bits per heavy atom. The molecule has 10 heteroatoms. The van der Waals surface area contributed by atoms with E-state index in [4.69, 9.17) is 0 Å². The Labute approximate surface area is 186 Å². The fourth-order valence-electron chi connectivity index (χ4n) is 3.60. The third-order valence-electron chi connectivity index (χ3n) is 5.58. The zero-order valence-electron chi connectivity index (χ0n) is 17.8. The summed E-state index contributed by atoms with van der Waals surface area (Å²) >= 11 is 0. The highest BCUT2D eigenvalue weighted by Crippen LogP contribution is 2.44. The van der Waals surface area contributed by atoms with Crippen molar-refractivity contribution in [3.63, 3.8) is 0 Å². The minimum Gasteiger partial charge on any atom is -0.320 e. The summed E-state index contributed by atoms with van der Waals surface area (Å²) in [5.41, 5.74) is 0.619. The van der Waals surface area contributed by atoms with Crippen LogP contribution in [0, 0.1) is 35.8 Å². The van der Waals surface area contributed by atoms with Crippen LogP contribution in [0.4, 0.5) is 29.1 Å². The molecule has 0 spiro atoms. The van der Waals surface area contributed by atoms with Crippen molar-refractivity contribution in [1.82, 2.24) is 24.6 Å². The Balaban J connectivity index is 1.73. The molecule has 0 bridgehead atoms. The molecule has 3 heterocycles. The van der Waals surface area contributed by atoms with Crippen molar-refractivity contribution in [1.29, 1.82) is 0 Å². The zero-order valence-corrected chi connectivity index (χ0v) is 17.8. The number of pyridine rings is 1. The van der Waals surface area contributed by atoms with E-state index in [1.54, 1.807) is 6.92 Å². The molecular weight excluding hydrogens is 436 g/mol. The van der Waals surface area contributed by atoms with Gasteiger partial charge in [0, 0.05) is 16.7 Å². The van der Waals surface area contributed by atoms with Crippen LogP contribution in [0.2, 0.25) is 0 Å². The van der Waals surface area contributed by atoms with Crippen molar-refractivity contribution >= 4 is 28.3 Å². The Morgan fingerprint density at radius 3 is 2.64 bits per heavy atom. The van der Waals surface area contributed by atoms with E-state index in [2.05, 4.69) is 32.0 Å². The number of aromatic nitrogens is 5. The summed E-state index contributed by atoms with van der Waals surface area (Å²) in [6.45, 7) is 2.87. The zero-order chi connectivity index (χ0) is 23.3. The van der Waals surface area contributed by atoms with Crippen LogP contribution in [0.1, 0.15) is 31.2 Å². The molecular formula is C23H18F4N6. The number of alkyl halides is 2. The van der Waals surface area contributed by atoms with E-state index in [1.807, 2.05) is 6.92 Å². The van der Waals surface area contributed by atoms with Gasteiger partial charge in [-0.05, 0) is 51.0 Å². The second-order valence-electron chi connectivity index (χ2n) is 8.35. The molecule has 0 radical (unpaired) electrons. The molecule has 33 heavy (non-hydrogen) atoms. The predicted molar refractivity (Wildman–Crippen MR) is 114 cm³/mol. The molecule has 0 N–H and O–H groups in total. The average molecular weight is 454 g/mol. The number of rotatable bonds is 4. The van der Waals surface area contributed by atoms with Crippen LogP contribution in [0.5, 0.6) is 0 Å². The van der Waals surface area contributed by atoms with Crippen LogP contribution < -0.4 is 4.90 Å². The fourth-order valence-corrected chi connectivity index (χ4v) is 3.60. The van der Waals surface area contributed by atoms with Crippen molar-refractivity contribution in [2.24, 2.45) is 5.41 Å². The highest BCUT2D eigenvalue weighted by Gasteiger charge is 2.35. The second-order valence-corrected chi connectivity index (χ2v) is 8.35. The van der Waals surface area contributed by atoms with E-state index in [1.165, 1.54) is 16.5 Å². The minimum absolute atomic E-state index is 0.0316. The number of benzene rings is 1. The second kappa shape index (κ2) is 7.69. The number of anilines is 2. The van der Waals surface area contributed by atoms with E-state index in [-0.39, 0.29) is 33.7 Å². The Hall–Kier alpha value is -3.74. The molecule has 6 nitrogen and oxygen atoms in total. The van der Waals surface area contributed by atoms with Crippen LogP contribution >= 0.6 is 0 Å². The van der Waals surface area contributed by atoms with Gasteiger partial charge < -0.3 is 4.90 Å². The molecule has 0 aliphatic heterocycles.